The number of hydrogen-bond donors (Lipinski definition) is 1. The monoisotopic (exact) mass is 345 g/mol. The number of nitrogens with one attached hydrogen (secondary N) is 1. The van der Waals surface area contributed by atoms with Crippen LogP contribution in [0.1, 0.15) is 20.7 Å². The quantitative estimate of drug-likeness (QED) is 0.680. The smallest absolute Gasteiger partial charge is 0.338 e. The van der Waals surface area contributed by atoms with Crippen LogP contribution < -0.4 is 10.1 Å². The Balaban J connectivity index is 1.65. The van der Waals surface area contributed by atoms with Gasteiger partial charge in [0.15, 0.2) is 19.0 Å². The Morgan fingerprint density at radius 3 is 2.79 bits per heavy atom. The average Bonchev–Trinajstić information content (AvgIpc) is 2.58. The number of ketones is 1. The zero-order valence-electron chi connectivity index (χ0n) is 12.4. The average molecular weight is 346 g/mol. The van der Waals surface area contributed by atoms with Crippen LogP contribution >= 0.6 is 11.6 Å². The lowest BCUT2D eigenvalue weighted by atomic mass is 10.1. The van der Waals surface area contributed by atoms with Crippen LogP contribution in [-0.4, -0.2) is 30.9 Å². The molecular formula is C17H12ClNO5. The maximum Gasteiger partial charge on any atom is 0.338 e. The largest absolute Gasteiger partial charge is 0.482 e. The van der Waals surface area contributed by atoms with Crippen molar-refractivity contribution in [3.63, 3.8) is 0 Å². The lowest BCUT2D eigenvalue weighted by Gasteiger charge is -2.18. The van der Waals surface area contributed by atoms with Gasteiger partial charge >= 0.3 is 5.97 Å². The third-order valence-electron chi connectivity index (χ3n) is 3.33. The van der Waals surface area contributed by atoms with E-state index in [-0.39, 0.29) is 23.9 Å². The van der Waals surface area contributed by atoms with E-state index in [9.17, 15) is 14.4 Å². The van der Waals surface area contributed by atoms with Crippen molar-refractivity contribution in [3.05, 3.63) is 58.6 Å². The Morgan fingerprint density at radius 1 is 1.17 bits per heavy atom. The fourth-order valence-electron chi connectivity index (χ4n) is 2.16. The van der Waals surface area contributed by atoms with E-state index in [1.165, 1.54) is 18.2 Å². The molecule has 0 spiro atoms. The van der Waals surface area contributed by atoms with Crippen molar-refractivity contribution in [1.82, 2.24) is 0 Å². The molecule has 0 saturated heterocycles. The molecule has 122 valence electrons. The second kappa shape index (κ2) is 6.72. The zero-order valence-corrected chi connectivity index (χ0v) is 13.1. The van der Waals surface area contributed by atoms with Crippen LogP contribution in [0.3, 0.4) is 0 Å². The van der Waals surface area contributed by atoms with E-state index in [0.717, 1.165) is 0 Å². The molecule has 6 nitrogen and oxygen atoms in total. The summed E-state index contributed by atoms with van der Waals surface area (Å²) >= 11 is 5.82. The molecular weight excluding hydrogens is 334 g/mol. The SMILES string of the molecule is O=C1COc2cc(C(=O)OCC(=O)c3cccc(Cl)c3)ccc2N1. The molecule has 0 radical (unpaired) electrons. The summed E-state index contributed by atoms with van der Waals surface area (Å²) in [4.78, 5) is 35.3. The third kappa shape index (κ3) is 3.55. The Kier molecular flexibility index (Phi) is 4.48. The van der Waals surface area contributed by atoms with E-state index < -0.39 is 12.6 Å². The molecule has 1 amide bonds. The first-order valence-corrected chi connectivity index (χ1v) is 7.43. The van der Waals surface area contributed by atoms with E-state index >= 15 is 0 Å². The maximum absolute atomic E-state index is 12.1. The number of fused-ring (bicyclic) bond motifs is 1. The van der Waals surface area contributed by atoms with E-state index in [1.54, 1.807) is 24.3 Å². The predicted octanol–water partition coefficient (Wildman–Crippen LogP) is 2.71. The molecule has 3 rings (SSSR count). The molecule has 7 heteroatoms. The second-order valence-electron chi connectivity index (χ2n) is 5.06. The molecule has 0 saturated carbocycles. The topological polar surface area (TPSA) is 81.7 Å². The van der Waals surface area contributed by atoms with Gasteiger partial charge in [0.25, 0.3) is 5.91 Å². The molecule has 0 aromatic heterocycles. The fraction of sp³-hybridized carbons (Fsp3) is 0.118. The molecule has 1 aliphatic heterocycles. The van der Waals surface area contributed by atoms with Crippen molar-refractivity contribution in [3.8, 4) is 5.75 Å². The van der Waals surface area contributed by atoms with Gasteiger partial charge in [-0.3, -0.25) is 9.59 Å². The number of hydrogen-bond acceptors (Lipinski definition) is 5. The van der Waals surface area contributed by atoms with E-state index in [1.807, 2.05) is 0 Å². The third-order valence-corrected chi connectivity index (χ3v) is 3.57. The first kappa shape index (κ1) is 16.0. The second-order valence-corrected chi connectivity index (χ2v) is 5.49. The van der Waals surface area contributed by atoms with Gasteiger partial charge in [0.1, 0.15) is 5.75 Å². The van der Waals surface area contributed by atoms with Gasteiger partial charge in [-0.1, -0.05) is 23.7 Å². The standard InChI is InChI=1S/C17H12ClNO5/c18-12-3-1-2-10(6-12)14(20)8-24-17(22)11-4-5-13-15(7-11)23-9-16(21)19-13/h1-7H,8-9H2,(H,19,21). The van der Waals surface area contributed by atoms with Gasteiger partial charge in [0.2, 0.25) is 0 Å². The number of anilines is 1. The Labute approximate surface area is 142 Å². The van der Waals surface area contributed by atoms with Crippen LogP contribution in [0.15, 0.2) is 42.5 Å². The van der Waals surface area contributed by atoms with Crippen LogP contribution in [-0.2, 0) is 9.53 Å². The lowest BCUT2D eigenvalue weighted by molar-refractivity contribution is -0.118. The Morgan fingerprint density at radius 2 is 2.00 bits per heavy atom. The number of halogens is 1. The summed E-state index contributed by atoms with van der Waals surface area (Å²) in [5, 5.41) is 3.05. The molecule has 1 aliphatic rings. The summed E-state index contributed by atoms with van der Waals surface area (Å²) in [6, 6.07) is 10.9. The van der Waals surface area contributed by atoms with E-state index in [2.05, 4.69) is 5.32 Å². The number of Topliss-reactive ketones (excluding diaryl/α,β-unsaturated/α-hetero) is 1. The van der Waals surface area contributed by atoms with E-state index in [0.29, 0.717) is 22.0 Å². The maximum atomic E-state index is 12.1. The summed E-state index contributed by atoms with van der Waals surface area (Å²) in [6.45, 7) is -0.507. The van der Waals surface area contributed by atoms with Crippen LogP contribution in [0.2, 0.25) is 5.02 Å². The number of rotatable bonds is 4. The summed E-state index contributed by atoms with van der Waals surface area (Å²) < 4.78 is 10.3. The molecule has 1 heterocycles. The molecule has 0 fully saturated rings. The van der Waals surface area contributed by atoms with Crippen LogP contribution in [0.4, 0.5) is 5.69 Å². The number of carbonyl (C=O) groups excluding carboxylic acids is 3. The number of ether oxygens (including phenoxy) is 2. The Bertz CT molecular complexity index is 833. The minimum Gasteiger partial charge on any atom is -0.482 e. The van der Waals surface area contributed by atoms with Crippen LogP contribution in [0.5, 0.6) is 5.75 Å². The number of amides is 1. The Hall–Kier alpha value is -2.86. The molecule has 2 aromatic carbocycles. The highest BCUT2D eigenvalue weighted by molar-refractivity contribution is 6.31. The highest BCUT2D eigenvalue weighted by Gasteiger charge is 2.19. The highest BCUT2D eigenvalue weighted by Crippen LogP contribution is 2.28. The summed E-state index contributed by atoms with van der Waals surface area (Å²) in [6.07, 6.45) is 0. The van der Waals surface area contributed by atoms with Crippen molar-refractivity contribution in [1.29, 1.82) is 0 Å². The van der Waals surface area contributed by atoms with Gasteiger partial charge in [-0.2, -0.15) is 0 Å². The van der Waals surface area contributed by atoms with Gasteiger partial charge in [-0.25, -0.2) is 4.79 Å². The normalized spacial score (nSPS) is 12.6. The number of carbonyl (C=O) groups is 3. The molecule has 24 heavy (non-hydrogen) atoms. The van der Waals surface area contributed by atoms with Gasteiger partial charge in [0, 0.05) is 10.6 Å². The molecule has 0 unspecified atom stereocenters. The minimum atomic E-state index is -0.659. The summed E-state index contributed by atoms with van der Waals surface area (Å²) in [5.74, 6) is -0.892. The van der Waals surface area contributed by atoms with Crippen LogP contribution in [0, 0.1) is 0 Å². The zero-order chi connectivity index (χ0) is 17.1. The van der Waals surface area contributed by atoms with Gasteiger partial charge in [0.05, 0.1) is 11.3 Å². The van der Waals surface area contributed by atoms with Gasteiger partial charge in [-0.15, -0.1) is 0 Å². The first-order valence-electron chi connectivity index (χ1n) is 7.05. The molecule has 2 aromatic rings. The fourth-order valence-corrected chi connectivity index (χ4v) is 2.35. The molecule has 0 bridgehead atoms. The first-order chi connectivity index (χ1) is 11.5. The lowest BCUT2D eigenvalue weighted by Crippen LogP contribution is -2.25. The molecule has 0 aliphatic carbocycles. The van der Waals surface area contributed by atoms with Gasteiger partial charge < -0.3 is 14.8 Å². The van der Waals surface area contributed by atoms with Crippen molar-refractivity contribution >= 4 is 34.9 Å². The summed E-state index contributed by atoms with van der Waals surface area (Å²) in [5.41, 5.74) is 1.08. The number of esters is 1. The number of benzene rings is 2. The van der Waals surface area contributed by atoms with Crippen molar-refractivity contribution < 1.29 is 23.9 Å². The van der Waals surface area contributed by atoms with Crippen LogP contribution in [0.25, 0.3) is 0 Å². The molecule has 0 atom stereocenters. The van der Waals surface area contributed by atoms with Gasteiger partial charge in [-0.05, 0) is 30.3 Å². The van der Waals surface area contributed by atoms with Crippen molar-refractivity contribution in [2.45, 2.75) is 0 Å². The summed E-state index contributed by atoms with van der Waals surface area (Å²) in [7, 11) is 0. The minimum absolute atomic E-state index is 0.112. The van der Waals surface area contributed by atoms with Crippen molar-refractivity contribution in [2.75, 3.05) is 18.5 Å². The van der Waals surface area contributed by atoms with Crippen molar-refractivity contribution in [2.24, 2.45) is 0 Å². The highest BCUT2D eigenvalue weighted by atomic mass is 35.5. The molecule has 1 N–H and O–H groups in total. The predicted molar refractivity (Wildman–Crippen MR) is 86.6 cm³/mol. The van der Waals surface area contributed by atoms with E-state index in [4.69, 9.17) is 21.1 Å².